The van der Waals surface area contributed by atoms with E-state index in [2.05, 4.69) is 0 Å². The van der Waals surface area contributed by atoms with Crippen LogP contribution in [0.2, 0.25) is 10.0 Å². The van der Waals surface area contributed by atoms with Crippen molar-refractivity contribution >= 4 is 29.1 Å². The molecule has 1 aliphatic rings. The second kappa shape index (κ2) is 4.62. The topological polar surface area (TPSA) is 40.5 Å². The lowest BCUT2D eigenvalue weighted by molar-refractivity contribution is 0.0362. The van der Waals surface area contributed by atoms with E-state index >= 15 is 0 Å². The van der Waals surface area contributed by atoms with Gasteiger partial charge in [0, 0.05) is 31.2 Å². The molecule has 1 aliphatic heterocycles. The van der Waals surface area contributed by atoms with Gasteiger partial charge in [-0.05, 0) is 18.2 Å². The van der Waals surface area contributed by atoms with Gasteiger partial charge in [0.25, 0.3) is 5.91 Å². The van der Waals surface area contributed by atoms with Crippen LogP contribution in [0.3, 0.4) is 0 Å². The largest absolute Gasteiger partial charge is 0.396 e. The molecule has 16 heavy (non-hydrogen) atoms. The smallest absolute Gasteiger partial charge is 0.253 e. The second-order valence-corrected chi connectivity index (χ2v) is 4.70. The molecule has 1 aromatic rings. The van der Waals surface area contributed by atoms with Crippen LogP contribution in [0, 0.1) is 5.92 Å². The van der Waals surface area contributed by atoms with E-state index in [0.717, 1.165) is 0 Å². The maximum atomic E-state index is 11.9. The average Bonchev–Trinajstić information content (AvgIpc) is 2.20. The zero-order valence-corrected chi connectivity index (χ0v) is 10.0. The third-order valence-corrected chi connectivity index (χ3v) is 3.41. The van der Waals surface area contributed by atoms with Crippen molar-refractivity contribution in [3.05, 3.63) is 33.8 Å². The van der Waals surface area contributed by atoms with E-state index in [-0.39, 0.29) is 18.4 Å². The minimum Gasteiger partial charge on any atom is -0.396 e. The lowest BCUT2D eigenvalue weighted by Crippen LogP contribution is -2.51. The van der Waals surface area contributed by atoms with Crippen molar-refractivity contribution in [1.29, 1.82) is 0 Å². The Balaban J connectivity index is 2.07. The molecule has 1 saturated heterocycles. The average molecular weight is 260 g/mol. The third-order valence-electron chi connectivity index (χ3n) is 2.67. The van der Waals surface area contributed by atoms with Crippen LogP contribution < -0.4 is 0 Å². The number of likely N-dealkylation sites (tertiary alicyclic amines) is 1. The Morgan fingerprint density at radius 3 is 2.62 bits per heavy atom. The summed E-state index contributed by atoms with van der Waals surface area (Å²) in [7, 11) is 0. The highest BCUT2D eigenvalue weighted by molar-refractivity contribution is 6.42. The number of benzene rings is 1. The van der Waals surface area contributed by atoms with E-state index in [1.54, 1.807) is 23.1 Å². The number of carbonyl (C=O) groups excluding carboxylic acids is 1. The van der Waals surface area contributed by atoms with E-state index in [1.165, 1.54) is 0 Å². The molecule has 1 aromatic carbocycles. The number of hydrogen-bond donors (Lipinski definition) is 1. The van der Waals surface area contributed by atoms with Crippen molar-refractivity contribution in [3.63, 3.8) is 0 Å². The van der Waals surface area contributed by atoms with Crippen LogP contribution in [0.4, 0.5) is 0 Å². The molecule has 1 N–H and O–H groups in total. The molecule has 0 bridgehead atoms. The number of rotatable bonds is 2. The normalized spacial score (nSPS) is 16.1. The summed E-state index contributed by atoms with van der Waals surface area (Å²) in [6.07, 6.45) is 0. The summed E-state index contributed by atoms with van der Waals surface area (Å²) in [4.78, 5) is 13.6. The highest BCUT2D eigenvalue weighted by Crippen LogP contribution is 2.25. The first-order chi connectivity index (χ1) is 7.61. The predicted molar refractivity (Wildman–Crippen MR) is 62.9 cm³/mol. The Bertz CT molecular complexity index is 416. The predicted octanol–water partition coefficient (Wildman–Crippen LogP) is 2.06. The number of hydrogen-bond acceptors (Lipinski definition) is 2. The molecule has 0 aromatic heterocycles. The summed E-state index contributed by atoms with van der Waals surface area (Å²) in [5, 5.41) is 9.68. The van der Waals surface area contributed by atoms with Crippen molar-refractivity contribution in [2.75, 3.05) is 19.7 Å². The molecule has 2 rings (SSSR count). The molecule has 0 unspecified atom stereocenters. The van der Waals surface area contributed by atoms with Crippen molar-refractivity contribution in [2.45, 2.75) is 0 Å². The maximum absolute atomic E-state index is 11.9. The summed E-state index contributed by atoms with van der Waals surface area (Å²) in [6.45, 7) is 1.34. The van der Waals surface area contributed by atoms with Crippen LogP contribution in [0.1, 0.15) is 10.4 Å². The summed E-state index contributed by atoms with van der Waals surface area (Å²) >= 11 is 11.6. The molecule has 0 spiro atoms. The first-order valence-electron chi connectivity index (χ1n) is 4.97. The molecular formula is C11H11Cl2NO2. The molecule has 1 amide bonds. The molecular weight excluding hydrogens is 249 g/mol. The van der Waals surface area contributed by atoms with E-state index < -0.39 is 0 Å². The zero-order chi connectivity index (χ0) is 11.7. The monoisotopic (exact) mass is 259 g/mol. The van der Waals surface area contributed by atoms with Gasteiger partial charge in [0.15, 0.2) is 0 Å². The number of nitrogens with zero attached hydrogens (tertiary/aromatic N) is 1. The van der Waals surface area contributed by atoms with Crippen LogP contribution in [0.5, 0.6) is 0 Å². The number of aliphatic hydroxyl groups excluding tert-OH is 1. The minimum absolute atomic E-state index is 0.0664. The van der Waals surface area contributed by atoms with Gasteiger partial charge in [0.05, 0.1) is 10.0 Å². The molecule has 5 heteroatoms. The molecule has 0 aliphatic carbocycles. The lowest BCUT2D eigenvalue weighted by Gasteiger charge is -2.38. The Kier molecular flexibility index (Phi) is 3.38. The maximum Gasteiger partial charge on any atom is 0.253 e. The van der Waals surface area contributed by atoms with Crippen molar-refractivity contribution in [2.24, 2.45) is 5.92 Å². The van der Waals surface area contributed by atoms with Gasteiger partial charge in [-0.25, -0.2) is 0 Å². The lowest BCUT2D eigenvalue weighted by atomic mass is 10.00. The van der Waals surface area contributed by atoms with Gasteiger partial charge >= 0.3 is 0 Å². The summed E-state index contributed by atoms with van der Waals surface area (Å²) in [5.74, 6) is 0.148. The Hall–Kier alpha value is -0.770. The third kappa shape index (κ3) is 2.17. The molecule has 1 heterocycles. The summed E-state index contributed by atoms with van der Waals surface area (Å²) < 4.78 is 0. The van der Waals surface area contributed by atoms with Gasteiger partial charge in [-0.1, -0.05) is 23.2 Å². The van der Waals surface area contributed by atoms with Crippen molar-refractivity contribution in [3.8, 4) is 0 Å². The van der Waals surface area contributed by atoms with E-state index in [0.29, 0.717) is 28.7 Å². The quantitative estimate of drug-likeness (QED) is 0.884. The molecule has 0 atom stereocenters. The second-order valence-electron chi connectivity index (χ2n) is 3.89. The van der Waals surface area contributed by atoms with E-state index in [1.807, 2.05) is 0 Å². The molecule has 0 radical (unpaired) electrons. The van der Waals surface area contributed by atoms with Crippen LogP contribution in [0.25, 0.3) is 0 Å². The van der Waals surface area contributed by atoms with Gasteiger partial charge in [-0.2, -0.15) is 0 Å². The Morgan fingerprint density at radius 2 is 2.06 bits per heavy atom. The Labute approximate surface area is 104 Å². The summed E-state index contributed by atoms with van der Waals surface area (Å²) in [5.41, 5.74) is 0.533. The SMILES string of the molecule is O=C(c1ccc(Cl)c(Cl)c1)N1CC(CO)C1. The van der Waals surface area contributed by atoms with E-state index in [4.69, 9.17) is 28.3 Å². The van der Waals surface area contributed by atoms with Crippen LogP contribution in [-0.2, 0) is 0 Å². The van der Waals surface area contributed by atoms with Crippen molar-refractivity contribution < 1.29 is 9.90 Å². The molecule has 3 nitrogen and oxygen atoms in total. The summed E-state index contributed by atoms with van der Waals surface area (Å²) in [6, 6.07) is 4.84. The number of aliphatic hydroxyl groups is 1. The first kappa shape index (κ1) is 11.7. The fourth-order valence-corrected chi connectivity index (χ4v) is 1.96. The number of carbonyl (C=O) groups is 1. The number of halogens is 2. The number of amides is 1. The minimum atomic E-state index is -0.0664. The van der Waals surface area contributed by atoms with Gasteiger partial charge < -0.3 is 10.0 Å². The highest BCUT2D eigenvalue weighted by Gasteiger charge is 2.30. The molecule has 1 fully saturated rings. The molecule has 86 valence electrons. The fourth-order valence-electron chi connectivity index (χ4n) is 1.66. The standard InChI is InChI=1S/C11H11Cl2NO2/c12-9-2-1-8(3-10(9)13)11(16)14-4-7(5-14)6-15/h1-3,7,15H,4-6H2. The van der Waals surface area contributed by atoms with Crippen molar-refractivity contribution in [1.82, 2.24) is 4.90 Å². The van der Waals surface area contributed by atoms with Gasteiger partial charge in [0.1, 0.15) is 0 Å². The van der Waals surface area contributed by atoms with Crippen LogP contribution >= 0.6 is 23.2 Å². The fraction of sp³-hybridized carbons (Fsp3) is 0.364. The van der Waals surface area contributed by atoms with Crippen LogP contribution in [0.15, 0.2) is 18.2 Å². The van der Waals surface area contributed by atoms with Gasteiger partial charge in [0.2, 0.25) is 0 Å². The van der Waals surface area contributed by atoms with Crippen LogP contribution in [-0.4, -0.2) is 35.6 Å². The van der Waals surface area contributed by atoms with E-state index in [9.17, 15) is 4.79 Å². The molecule has 0 saturated carbocycles. The van der Waals surface area contributed by atoms with Gasteiger partial charge in [-0.15, -0.1) is 0 Å². The zero-order valence-electron chi connectivity index (χ0n) is 8.49. The highest BCUT2D eigenvalue weighted by atomic mass is 35.5. The first-order valence-corrected chi connectivity index (χ1v) is 5.72. The van der Waals surface area contributed by atoms with Gasteiger partial charge in [-0.3, -0.25) is 4.79 Å². The Morgan fingerprint density at radius 1 is 1.38 bits per heavy atom.